The minimum Gasteiger partial charge on any atom is -0.494 e. The van der Waals surface area contributed by atoms with Gasteiger partial charge in [-0.15, -0.1) is 12.4 Å². The van der Waals surface area contributed by atoms with E-state index >= 15 is 0 Å². The number of amides is 1. The lowest BCUT2D eigenvalue weighted by atomic mass is 10.1. The number of likely N-dealkylation sites (tertiary alicyclic amines) is 1. The average Bonchev–Trinajstić information content (AvgIpc) is 2.60. The summed E-state index contributed by atoms with van der Waals surface area (Å²) in [5.74, 6) is 0.775. The second-order valence-electron chi connectivity index (χ2n) is 5.92. The van der Waals surface area contributed by atoms with Crippen LogP contribution in [0.25, 0.3) is 0 Å². The third-order valence-corrected chi connectivity index (χ3v) is 4.03. The molecule has 24 heavy (non-hydrogen) atoms. The molecule has 1 fully saturated rings. The predicted molar refractivity (Wildman–Crippen MR) is 99.5 cm³/mol. The second kappa shape index (κ2) is 11.2. The minimum absolute atomic E-state index is 0. The first-order valence-corrected chi connectivity index (χ1v) is 8.56. The summed E-state index contributed by atoms with van der Waals surface area (Å²) >= 11 is 0. The molecule has 0 radical (unpaired) electrons. The van der Waals surface area contributed by atoms with E-state index in [4.69, 9.17) is 9.47 Å². The van der Waals surface area contributed by atoms with Crippen molar-refractivity contribution in [3.63, 3.8) is 0 Å². The Morgan fingerprint density at radius 3 is 2.67 bits per heavy atom. The zero-order valence-electron chi connectivity index (χ0n) is 14.7. The molecule has 1 aromatic rings. The Balaban J connectivity index is 0.00000288. The zero-order valence-corrected chi connectivity index (χ0v) is 15.5. The number of carbonyl (C=O) groups excluding carboxylic acids is 1. The quantitative estimate of drug-likeness (QED) is 0.741. The number of nitrogens with zero attached hydrogens (tertiary/aromatic N) is 2. The Morgan fingerprint density at radius 2 is 1.96 bits per heavy atom. The maximum absolute atomic E-state index is 12.2. The van der Waals surface area contributed by atoms with Crippen molar-refractivity contribution in [3.8, 4) is 5.75 Å². The van der Waals surface area contributed by atoms with Gasteiger partial charge < -0.3 is 9.47 Å². The molecular formula is C18H29ClN2O3. The number of hydrogen-bond acceptors (Lipinski definition) is 4. The largest absolute Gasteiger partial charge is 0.494 e. The van der Waals surface area contributed by atoms with Gasteiger partial charge in [-0.1, -0.05) is 19.4 Å². The van der Waals surface area contributed by atoms with Crippen LogP contribution in [-0.2, 0) is 4.74 Å². The van der Waals surface area contributed by atoms with E-state index in [1.807, 2.05) is 24.3 Å². The first kappa shape index (κ1) is 20.6. The predicted octanol–water partition coefficient (Wildman–Crippen LogP) is 3.96. The van der Waals surface area contributed by atoms with Gasteiger partial charge in [0.1, 0.15) is 12.4 Å². The van der Waals surface area contributed by atoms with Crippen molar-refractivity contribution in [3.05, 3.63) is 24.3 Å². The Morgan fingerprint density at radius 1 is 1.21 bits per heavy atom. The SMILES string of the molecule is CCCOc1cccc(N(C)C(=O)OCCN2CCCCC2)c1.Cl. The summed E-state index contributed by atoms with van der Waals surface area (Å²) in [6.07, 6.45) is 4.44. The Hall–Kier alpha value is -1.46. The van der Waals surface area contributed by atoms with Crippen molar-refractivity contribution in [2.75, 3.05) is 44.8 Å². The van der Waals surface area contributed by atoms with Gasteiger partial charge >= 0.3 is 6.09 Å². The minimum atomic E-state index is -0.324. The number of carbonyl (C=O) groups is 1. The molecule has 0 unspecified atom stereocenters. The molecule has 1 aliphatic rings. The third-order valence-electron chi connectivity index (χ3n) is 4.03. The number of piperidine rings is 1. The molecule has 0 N–H and O–H groups in total. The van der Waals surface area contributed by atoms with Crippen molar-refractivity contribution in [2.24, 2.45) is 0 Å². The average molecular weight is 357 g/mol. The molecule has 0 aromatic heterocycles. The van der Waals surface area contributed by atoms with Crippen LogP contribution in [0, 0.1) is 0 Å². The fraction of sp³-hybridized carbons (Fsp3) is 0.611. The lowest BCUT2D eigenvalue weighted by molar-refractivity contribution is 0.127. The van der Waals surface area contributed by atoms with Gasteiger partial charge in [0.2, 0.25) is 0 Å². The second-order valence-corrected chi connectivity index (χ2v) is 5.92. The first-order chi connectivity index (χ1) is 11.2. The summed E-state index contributed by atoms with van der Waals surface area (Å²) in [5.41, 5.74) is 0.779. The van der Waals surface area contributed by atoms with Gasteiger partial charge in [-0.2, -0.15) is 0 Å². The number of halogens is 1. The Kier molecular flexibility index (Phi) is 9.57. The van der Waals surface area contributed by atoms with Crippen LogP contribution >= 0.6 is 12.4 Å². The van der Waals surface area contributed by atoms with Crippen LogP contribution in [0.4, 0.5) is 10.5 Å². The molecule has 0 aliphatic carbocycles. The third kappa shape index (κ3) is 6.57. The van der Waals surface area contributed by atoms with Gasteiger partial charge in [-0.3, -0.25) is 9.80 Å². The molecule has 6 heteroatoms. The standard InChI is InChI=1S/C18H28N2O3.ClH/c1-3-13-22-17-9-7-8-16(15-17)19(2)18(21)23-14-12-20-10-5-4-6-11-20;/h7-9,15H,3-6,10-14H2,1-2H3;1H. The highest BCUT2D eigenvalue weighted by atomic mass is 35.5. The number of benzene rings is 1. The van der Waals surface area contributed by atoms with Crippen LogP contribution in [0.15, 0.2) is 24.3 Å². The number of anilines is 1. The number of hydrogen-bond donors (Lipinski definition) is 0. The van der Waals surface area contributed by atoms with E-state index < -0.39 is 0 Å². The van der Waals surface area contributed by atoms with E-state index in [-0.39, 0.29) is 18.5 Å². The summed E-state index contributed by atoms with van der Waals surface area (Å²) in [5, 5.41) is 0. The van der Waals surface area contributed by atoms with Crippen LogP contribution in [0.1, 0.15) is 32.6 Å². The monoisotopic (exact) mass is 356 g/mol. The van der Waals surface area contributed by atoms with Crippen molar-refractivity contribution in [1.29, 1.82) is 0 Å². The van der Waals surface area contributed by atoms with Gasteiger partial charge in [-0.05, 0) is 44.5 Å². The molecule has 1 aliphatic heterocycles. The molecule has 2 rings (SSSR count). The van der Waals surface area contributed by atoms with Crippen molar-refractivity contribution >= 4 is 24.2 Å². The zero-order chi connectivity index (χ0) is 16.5. The normalized spacial score (nSPS) is 14.6. The molecular weight excluding hydrogens is 328 g/mol. The molecule has 0 atom stereocenters. The molecule has 136 valence electrons. The Labute approximate surface area is 151 Å². The van der Waals surface area contributed by atoms with Gasteiger partial charge in [0.05, 0.1) is 12.3 Å². The van der Waals surface area contributed by atoms with Crippen LogP contribution in [0.2, 0.25) is 0 Å². The molecule has 1 heterocycles. The van der Waals surface area contributed by atoms with E-state index in [9.17, 15) is 4.79 Å². The van der Waals surface area contributed by atoms with Gasteiger partial charge in [0, 0.05) is 19.7 Å². The van der Waals surface area contributed by atoms with Crippen molar-refractivity contribution in [2.45, 2.75) is 32.6 Å². The van der Waals surface area contributed by atoms with Crippen LogP contribution in [0.3, 0.4) is 0 Å². The fourth-order valence-corrected chi connectivity index (χ4v) is 2.65. The summed E-state index contributed by atoms with van der Waals surface area (Å²) in [6, 6.07) is 7.53. The molecule has 0 spiro atoms. The van der Waals surface area contributed by atoms with Gasteiger partial charge in [0.15, 0.2) is 0 Å². The van der Waals surface area contributed by atoms with Crippen LogP contribution < -0.4 is 9.64 Å². The van der Waals surface area contributed by atoms with E-state index in [1.54, 1.807) is 7.05 Å². The van der Waals surface area contributed by atoms with Gasteiger partial charge in [-0.25, -0.2) is 4.79 Å². The lowest BCUT2D eigenvalue weighted by Gasteiger charge is -2.26. The van der Waals surface area contributed by atoms with Crippen LogP contribution in [0.5, 0.6) is 5.75 Å². The molecule has 1 aromatic carbocycles. The summed E-state index contributed by atoms with van der Waals surface area (Å²) < 4.78 is 11.0. The van der Waals surface area contributed by atoms with Crippen molar-refractivity contribution < 1.29 is 14.3 Å². The highest BCUT2D eigenvalue weighted by Crippen LogP contribution is 2.21. The Bertz CT molecular complexity index is 493. The number of ether oxygens (including phenoxy) is 2. The van der Waals surface area contributed by atoms with Crippen LogP contribution in [-0.4, -0.2) is 50.9 Å². The molecule has 5 nitrogen and oxygen atoms in total. The molecule has 0 bridgehead atoms. The first-order valence-electron chi connectivity index (χ1n) is 8.56. The number of rotatable bonds is 7. The highest BCUT2D eigenvalue weighted by molar-refractivity contribution is 5.87. The van der Waals surface area contributed by atoms with Crippen molar-refractivity contribution in [1.82, 2.24) is 4.90 Å². The van der Waals surface area contributed by atoms with E-state index in [0.717, 1.165) is 37.5 Å². The lowest BCUT2D eigenvalue weighted by Crippen LogP contribution is -2.35. The highest BCUT2D eigenvalue weighted by Gasteiger charge is 2.15. The topological polar surface area (TPSA) is 42.0 Å². The van der Waals surface area contributed by atoms with Gasteiger partial charge in [0.25, 0.3) is 0 Å². The summed E-state index contributed by atoms with van der Waals surface area (Å²) in [7, 11) is 1.72. The smallest absolute Gasteiger partial charge is 0.414 e. The maximum atomic E-state index is 12.2. The molecule has 0 saturated carbocycles. The summed E-state index contributed by atoms with van der Waals surface area (Å²) in [4.78, 5) is 16.0. The maximum Gasteiger partial charge on any atom is 0.414 e. The van der Waals surface area contributed by atoms with E-state index in [2.05, 4.69) is 11.8 Å². The van der Waals surface area contributed by atoms with E-state index in [0.29, 0.717) is 13.2 Å². The molecule has 1 amide bonds. The molecule has 1 saturated heterocycles. The fourth-order valence-electron chi connectivity index (χ4n) is 2.65. The van der Waals surface area contributed by atoms with E-state index in [1.165, 1.54) is 24.2 Å². The summed E-state index contributed by atoms with van der Waals surface area (Å²) in [6.45, 7) is 6.23.